The lowest BCUT2D eigenvalue weighted by Gasteiger charge is -2.36. The molecule has 0 unspecified atom stereocenters. The molecule has 3 heterocycles. The fourth-order valence-electron chi connectivity index (χ4n) is 4.35. The Bertz CT molecular complexity index is 930. The number of carbonyl (C=O) groups excluding carboxylic acids is 2. The lowest BCUT2D eigenvalue weighted by molar-refractivity contribution is -0.128. The number of nitrogens with zero attached hydrogens (tertiary/aromatic N) is 5. The topological polar surface area (TPSA) is 101 Å². The van der Waals surface area contributed by atoms with Crippen LogP contribution in [-0.2, 0) is 16.0 Å². The zero-order chi connectivity index (χ0) is 21.1. The van der Waals surface area contributed by atoms with Gasteiger partial charge in [0, 0.05) is 50.1 Å². The van der Waals surface area contributed by atoms with E-state index >= 15 is 0 Å². The second-order valence-electron chi connectivity index (χ2n) is 8.94. The molecular formula is C22H28N6O2. The summed E-state index contributed by atoms with van der Waals surface area (Å²) in [5.41, 5.74) is 2.58. The molecule has 1 aliphatic heterocycles. The molecule has 4 rings (SSSR count). The van der Waals surface area contributed by atoms with Crippen LogP contribution in [0.3, 0.4) is 0 Å². The van der Waals surface area contributed by atoms with Gasteiger partial charge in [-0.15, -0.1) is 0 Å². The second kappa shape index (κ2) is 8.45. The van der Waals surface area contributed by atoms with Gasteiger partial charge in [-0.1, -0.05) is 13.8 Å². The maximum absolute atomic E-state index is 12.6. The Labute approximate surface area is 176 Å². The SMILES string of the molecule is CC1(C)Cc2nc(-c3cnccn3)ncc2[C@@H](NC(=O)CCCN2CCCC2=O)C1. The summed E-state index contributed by atoms with van der Waals surface area (Å²) in [4.78, 5) is 43.8. The van der Waals surface area contributed by atoms with E-state index in [0.717, 1.165) is 37.1 Å². The van der Waals surface area contributed by atoms with Gasteiger partial charge >= 0.3 is 0 Å². The normalized spacial score (nSPS) is 20.1. The Morgan fingerprint density at radius 3 is 2.87 bits per heavy atom. The standard InChI is InChI=1S/C22H28N6O2/c1-22(2)11-16(26-19(29)5-3-9-28-10-4-6-20(28)30)15-13-25-21(27-17(15)12-22)18-14-23-7-8-24-18/h7-8,13-14,16H,3-6,9-12H2,1-2H3,(H,26,29)/t16-/m0/s1. The quantitative estimate of drug-likeness (QED) is 0.788. The number of aromatic nitrogens is 4. The molecule has 8 heteroatoms. The fourth-order valence-corrected chi connectivity index (χ4v) is 4.35. The number of carbonyl (C=O) groups is 2. The molecule has 1 fully saturated rings. The van der Waals surface area contributed by atoms with E-state index < -0.39 is 0 Å². The van der Waals surface area contributed by atoms with E-state index in [-0.39, 0.29) is 23.3 Å². The van der Waals surface area contributed by atoms with Crippen molar-refractivity contribution in [3.63, 3.8) is 0 Å². The molecule has 0 bridgehead atoms. The Kier molecular flexibility index (Phi) is 5.74. The first-order valence-corrected chi connectivity index (χ1v) is 10.6. The van der Waals surface area contributed by atoms with Crippen LogP contribution in [0.2, 0.25) is 0 Å². The van der Waals surface area contributed by atoms with E-state index in [9.17, 15) is 9.59 Å². The van der Waals surface area contributed by atoms with Crippen LogP contribution in [0.25, 0.3) is 11.5 Å². The predicted octanol–water partition coefficient (Wildman–Crippen LogP) is 2.47. The molecule has 30 heavy (non-hydrogen) atoms. The summed E-state index contributed by atoms with van der Waals surface area (Å²) in [6.07, 6.45) is 11.0. The summed E-state index contributed by atoms with van der Waals surface area (Å²) in [6, 6.07) is -0.111. The van der Waals surface area contributed by atoms with Gasteiger partial charge in [0.05, 0.1) is 17.9 Å². The van der Waals surface area contributed by atoms with Crippen LogP contribution in [0.1, 0.15) is 63.3 Å². The smallest absolute Gasteiger partial charge is 0.222 e. The first kappa shape index (κ1) is 20.4. The molecule has 0 saturated carbocycles. The first-order valence-electron chi connectivity index (χ1n) is 10.6. The van der Waals surface area contributed by atoms with Crippen molar-refractivity contribution < 1.29 is 9.59 Å². The first-order chi connectivity index (χ1) is 14.4. The predicted molar refractivity (Wildman–Crippen MR) is 111 cm³/mol. The average molecular weight is 409 g/mol. The van der Waals surface area contributed by atoms with Gasteiger partial charge in [-0.25, -0.2) is 15.0 Å². The highest BCUT2D eigenvalue weighted by Gasteiger charge is 2.34. The Morgan fingerprint density at radius 2 is 2.13 bits per heavy atom. The van der Waals surface area contributed by atoms with Gasteiger partial charge in [-0.05, 0) is 31.1 Å². The second-order valence-corrected chi connectivity index (χ2v) is 8.94. The number of hydrogen-bond acceptors (Lipinski definition) is 6. The van der Waals surface area contributed by atoms with Crippen molar-refractivity contribution in [2.24, 2.45) is 5.41 Å². The highest BCUT2D eigenvalue weighted by molar-refractivity contribution is 5.78. The molecule has 158 valence electrons. The Hall–Kier alpha value is -2.90. The summed E-state index contributed by atoms with van der Waals surface area (Å²) in [5, 5.41) is 3.18. The van der Waals surface area contributed by atoms with E-state index in [1.165, 1.54) is 0 Å². The summed E-state index contributed by atoms with van der Waals surface area (Å²) in [6.45, 7) is 5.86. The van der Waals surface area contributed by atoms with Gasteiger partial charge in [0.25, 0.3) is 0 Å². The third kappa shape index (κ3) is 4.63. The van der Waals surface area contributed by atoms with Crippen molar-refractivity contribution in [3.8, 4) is 11.5 Å². The van der Waals surface area contributed by atoms with E-state index in [1.54, 1.807) is 18.6 Å². The van der Waals surface area contributed by atoms with Crippen molar-refractivity contribution in [3.05, 3.63) is 36.0 Å². The van der Waals surface area contributed by atoms with Crippen LogP contribution in [0.5, 0.6) is 0 Å². The van der Waals surface area contributed by atoms with Crippen LogP contribution < -0.4 is 5.32 Å². The largest absolute Gasteiger partial charge is 0.349 e. The molecule has 1 aliphatic carbocycles. The highest BCUT2D eigenvalue weighted by Crippen LogP contribution is 2.40. The van der Waals surface area contributed by atoms with Gasteiger partial charge in [0.15, 0.2) is 5.82 Å². The number of amides is 2. The lowest BCUT2D eigenvalue weighted by atomic mass is 9.74. The van der Waals surface area contributed by atoms with Crippen molar-refractivity contribution in [2.45, 2.75) is 58.4 Å². The number of rotatable bonds is 6. The van der Waals surface area contributed by atoms with Crippen LogP contribution in [0.4, 0.5) is 0 Å². The Morgan fingerprint density at radius 1 is 1.27 bits per heavy atom. The zero-order valence-corrected chi connectivity index (χ0v) is 17.6. The third-order valence-electron chi connectivity index (χ3n) is 5.81. The van der Waals surface area contributed by atoms with Crippen LogP contribution >= 0.6 is 0 Å². The highest BCUT2D eigenvalue weighted by atomic mass is 16.2. The minimum Gasteiger partial charge on any atom is -0.349 e. The van der Waals surface area contributed by atoms with Crippen LogP contribution in [0.15, 0.2) is 24.8 Å². The van der Waals surface area contributed by atoms with Gasteiger partial charge in [0.1, 0.15) is 5.69 Å². The Balaban J connectivity index is 1.43. The zero-order valence-electron chi connectivity index (χ0n) is 17.6. The van der Waals surface area contributed by atoms with Gasteiger partial charge in [-0.3, -0.25) is 14.6 Å². The third-order valence-corrected chi connectivity index (χ3v) is 5.81. The van der Waals surface area contributed by atoms with E-state index in [1.807, 2.05) is 11.1 Å². The minimum absolute atomic E-state index is 0.00768. The van der Waals surface area contributed by atoms with Crippen molar-refractivity contribution >= 4 is 11.8 Å². The molecule has 1 N–H and O–H groups in total. The van der Waals surface area contributed by atoms with E-state index in [4.69, 9.17) is 4.98 Å². The summed E-state index contributed by atoms with van der Waals surface area (Å²) < 4.78 is 0. The molecule has 1 atom stereocenters. The number of hydrogen-bond donors (Lipinski definition) is 1. The maximum Gasteiger partial charge on any atom is 0.222 e. The van der Waals surface area contributed by atoms with Crippen molar-refractivity contribution in [2.75, 3.05) is 13.1 Å². The maximum atomic E-state index is 12.6. The number of likely N-dealkylation sites (tertiary alicyclic amines) is 1. The molecule has 2 aliphatic rings. The number of fused-ring (bicyclic) bond motifs is 1. The molecule has 0 aromatic carbocycles. The molecule has 2 aromatic rings. The van der Waals surface area contributed by atoms with Crippen molar-refractivity contribution in [1.29, 1.82) is 0 Å². The van der Waals surface area contributed by atoms with Crippen molar-refractivity contribution in [1.82, 2.24) is 30.2 Å². The average Bonchev–Trinajstić information content (AvgIpc) is 3.12. The van der Waals surface area contributed by atoms with Gasteiger partial charge in [0.2, 0.25) is 11.8 Å². The van der Waals surface area contributed by atoms with Gasteiger partial charge < -0.3 is 10.2 Å². The van der Waals surface area contributed by atoms with Gasteiger partial charge in [-0.2, -0.15) is 0 Å². The molecule has 0 radical (unpaired) electrons. The summed E-state index contributed by atoms with van der Waals surface area (Å²) >= 11 is 0. The summed E-state index contributed by atoms with van der Waals surface area (Å²) in [7, 11) is 0. The molecule has 0 spiro atoms. The lowest BCUT2D eigenvalue weighted by Crippen LogP contribution is -2.37. The fraction of sp³-hybridized carbons (Fsp3) is 0.545. The minimum atomic E-state index is -0.111. The molecule has 2 amide bonds. The monoisotopic (exact) mass is 408 g/mol. The van der Waals surface area contributed by atoms with E-state index in [2.05, 4.69) is 34.1 Å². The summed E-state index contributed by atoms with van der Waals surface area (Å²) in [5.74, 6) is 0.766. The molecule has 2 aromatic heterocycles. The van der Waals surface area contributed by atoms with Crippen LogP contribution in [-0.4, -0.2) is 49.7 Å². The molecule has 8 nitrogen and oxygen atoms in total. The molecular weight excluding hydrogens is 380 g/mol. The molecule has 1 saturated heterocycles. The van der Waals surface area contributed by atoms with E-state index in [0.29, 0.717) is 37.3 Å². The number of nitrogens with one attached hydrogen (secondary N) is 1. The van der Waals surface area contributed by atoms with Crippen LogP contribution in [0, 0.1) is 5.41 Å².